The van der Waals surface area contributed by atoms with Crippen molar-refractivity contribution < 1.29 is 48.1 Å². The van der Waals surface area contributed by atoms with E-state index >= 15 is 0 Å². The lowest BCUT2D eigenvalue weighted by Crippen LogP contribution is -2.46. The SMILES string of the molecule is COC(=O)C1CN(C(=O)/C=C/c2ccc(Sc3ccc(/C=C/C(=O)N4CCC(=O)C(C(=O)OC)C4)cc3[N+](=O)[O-])c([N+](=O)[O-])c2)CCC1=O. The van der Waals surface area contributed by atoms with Gasteiger partial charge in [-0.15, -0.1) is 0 Å². The van der Waals surface area contributed by atoms with Crippen LogP contribution in [0.2, 0.25) is 0 Å². The third-order valence-corrected chi connectivity index (χ3v) is 8.98. The predicted octanol–water partition coefficient (Wildman–Crippen LogP) is 2.86. The van der Waals surface area contributed by atoms with Crippen LogP contribution in [-0.2, 0) is 38.2 Å². The Hall–Kier alpha value is -5.71. The highest BCUT2D eigenvalue weighted by Gasteiger charge is 2.36. The number of nitro benzene ring substituents is 2. The molecule has 17 heteroatoms. The highest BCUT2D eigenvalue weighted by molar-refractivity contribution is 7.99. The first-order valence-corrected chi connectivity index (χ1v) is 15.5. The molecule has 2 atom stereocenters. The Kier molecular flexibility index (Phi) is 11.7. The maximum absolute atomic E-state index is 12.7. The summed E-state index contributed by atoms with van der Waals surface area (Å²) in [4.78, 5) is 98.7. The van der Waals surface area contributed by atoms with Crippen molar-refractivity contribution in [1.29, 1.82) is 0 Å². The molecular formula is C32H30N4O12S. The van der Waals surface area contributed by atoms with Crippen LogP contribution in [0.1, 0.15) is 24.0 Å². The number of rotatable bonds is 10. The zero-order valence-electron chi connectivity index (χ0n) is 26.3. The van der Waals surface area contributed by atoms with Crippen molar-refractivity contribution in [3.8, 4) is 0 Å². The highest BCUT2D eigenvalue weighted by atomic mass is 32.2. The third kappa shape index (κ3) is 8.81. The average Bonchev–Trinajstić information content (AvgIpc) is 3.09. The summed E-state index contributed by atoms with van der Waals surface area (Å²) in [5, 5.41) is 23.9. The molecule has 256 valence electrons. The molecule has 2 saturated heterocycles. The van der Waals surface area contributed by atoms with Crippen LogP contribution < -0.4 is 0 Å². The molecule has 2 aromatic rings. The standard InChI is InChI=1S/C32H30N4O12S/c1-47-31(41)21-17-33(13-11-25(21)37)29(39)9-5-19-3-7-27(23(15-19)35(43)44)49-28-8-4-20(16-24(28)36(45)46)6-10-30(40)34-14-12-26(38)22(18-34)32(42)48-2/h3-10,15-16,21-22H,11-14,17-18H2,1-2H3/b9-5+,10-6+. The number of nitrogens with zero attached hydrogens (tertiary/aromatic N) is 4. The van der Waals surface area contributed by atoms with Crippen LogP contribution in [-0.4, -0.2) is 95.4 Å². The normalized spacial score (nSPS) is 18.1. The first-order valence-electron chi connectivity index (χ1n) is 14.7. The van der Waals surface area contributed by atoms with Crippen molar-refractivity contribution in [3.63, 3.8) is 0 Å². The number of hydrogen-bond donors (Lipinski definition) is 0. The summed E-state index contributed by atoms with van der Waals surface area (Å²) in [6, 6.07) is 8.17. The van der Waals surface area contributed by atoms with Crippen LogP contribution in [0.3, 0.4) is 0 Å². The molecule has 0 N–H and O–H groups in total. The number of piperidine rings is 2. The number of ether oxygens (including phenoxy) is 2. The number of methoxy groups -OCH3 is 2. The number of ketones is 2. The van der Waals surface area contributed by atoms with E-state index in [1.807, 2.05) is 0 Å². The summed E-state index contributed by atoms with van der Waals surface area (Å²) < 4.78 is 9.26. The fourth-order valence-electron chi connectivity index (χ4n) is 5.16. The lowest BCUT2D eigenvalue weighted by atomic mass is 9.96. The van der Waals surface area contributed by atoms with Crippen molar-refractivity contribution in [2.45, 2.75) is 22.6 Å². The molecule has 0 saturated carbocycles. The summed E-state index contributed by atoms with van der Waals surface area (Å²) in [5.41, 5.74) is -0.165. The Bertz CT molecular complexity index is 1650. The number of amides is 2. The van der Waals surface area contributed by atoms with Crippen molar-refractivity contribution in [3.05, 3.63) is 79.9 Å². The Morgan fingerprint density at radius 2 is 1.12 bits per heavy atom. The van der Waals surface area contributed by atoms with E-state index in [2.05, 4.69) is 9.47 Å². The molecule has 2 fully saturated rings. The van der Waals surface area contributed by atoms with Crippen molar-refractivity contribution >= 4 is 70.6 Å². The number of esters is 2. The second kappa shape index (κ2) is 15.9. The molecule has 4 rings (SSSR count). The summed E-state index contributed by atoms with van der Waals surface area (Å²) in [5.74, 6) is -5.31. The van der Waals surface area contributed by atoms with Gasteiger partial charge in [0.05, 0.1) is 33.9 Å². The van der Waals surface area contributed by atoms with E-state index in [0.717, 1.165) is 26.0 Å². The quantitative estimate of drug-likeness (QED) is 0.115. The van der Waals surface area contributed by atoms with Crippen LogP contribution in [0.15, 0.2) is 58.3 Å². The molecule has 0 aliphatic carbocycles. The lowest BCUT2D eigenvalue weighted by Gasteiger charge is -2.29. The number of hydrogen-bond acceptors (Lipinski definition) is 13. The van der Waals surface area contributed by atoms with Gasteiger partial charge >= 0.3 is 11.9 Å². The number of benzene rings is 2. The molecule has 2 unspecified atom stereocenters. The molecule has 2 amide bonds. The number of carbonyl (C=O) groups excluding carboxylic acids is 6. The van der Waals surface area contributed by atoms with Crippen molar-refractivity contribution in [2.75, 3.05) is 40.4 Å². The van der Waals surface area contributed by atoms with Gasteiger partial charge in [-0.2, -0.15) is 0 Å². The highest BCUT2D eigenvalue weighted by Crippen LogP contribution is 2.40. The van der Waals surface area contributed by atoms with E-state index < -0.39 is 45.4 Å². The minimum atomic E-state index is -1.08. The van der Waals surface area contributed by atoms with Crippen molar-refractivity contribution in [2.24, 2.45) is 11.8 Å². The average molecular weight is 695 g/mol. The van der Waals surface area contributed by atoms with Gasteiger partial charge in [0.1, 0.15) is 11.8 Å². The molecule has 0 spiro atoms. The van der Waals surface area contributed by atoms with E-state index in [-0.39, 0.29) is 82.9 Å². The Labute approximate surface area is 283 Å². The molecule has 2 aliphatic heterocycles. The van der Waals surface area contributed by atoms with Crippen LogP contribution in [0.5, 0.6) is 0 Å². The van der Waals surface area contributed by atoms with Gasteiger partial charge in [-0.25, -0.2) is 0 Å². The molecule has 2 heterocycles. The largest absolute Gasteiger partial charge is 0.468 e. The second-order valence-electron chi connectivity index (χ2n) is 10.9. The van der Waals surface area contributed by atoms with Gasteiger partial charge in [-0.3, -0.25) is 49.0 Å². The maximum atomic E-state index is 12.7. The van der Waals surface area contributed by atoms with Crippen LogP contribution >= 0.6 is 11.8 Å². The Morgan fingerprint density at radius 3 is 1.47 bits per heavy atom. The van der Waals surface area contributed by atoms with Crippen LogP contribution in [0.4, 0.5) is 11.4 Å². The Balaban J connectivity index is 1.48. The summed E-state index contributed by atoms with van der Waals surface area (Å²) in [6.07, 6.45) is 4.99. The van der Waals surface area contributed by atoms with Crippen molar-refractivity contribution in [1.82, 2.24) is 9.80 Å². The summed E-state index contributed by atoms with van der Waals surface area (Å²) in [7, 11) is 2.29. The van der Waals surface area contributed by atoms with Gasteiger partial charge in [-0.05, 0) is 35.4 Å². The van der Waals surface area contributed by atoms with E-state index in [9.17, 15) is 49.0 Å². The Morgan fingerprint density at radius 1 is 0.735 bits per heavy atom. The number of likely N-dealkylation sites (tertiary alicyclic amines) is 2. The smallest absolute Gasteiger partial charge is 0.318 e. The van der Waals surface area contributed by atoms with Gasteiger partial charge in [0.25, 0.3) is 11.4 Å². The third-order valence-electron chi connectivity index (χ3n) is 7.85. The molecule has 16 nitrogen and oxygen atoms in total. The maximum Gasteiger partial charge on any atom is 0.318 e. The molecular weight excluding hydrogens is 664 g/mol. The van der Waals surface area contributed by atoms with E-state index in [1.165, 1.54) is 70.5 Å². The first kappa shape index (κ1) is 36.1. The van der Waals surface area contributed by atoms with Crippen LogP contribution in [0.25, 0.3) is 12.2 Å². The van der Waals surface area contributed by atoms with Gasteiger partial charge in [-0.1, -0.05) is 23.9 Å². The van der Waals surface area contributed by atoms with Gasteiger partial charge in [0.15, 0.2) is 11.6 Å². The molecule has 0 bridgehead atoms. The monoisotopic (exact) mass is 694 g/mol. The summed E-state index contributed by atoms with van der Waals surface area (Å²) in [6.45, 7) is -0.0851. The fraction of sp³-hybridized carbons (Fsp3) is 0.312. The second-order valence-corrected chi connectivity index (χ2v) is 12.0. The van der Waals surface area contributed by atoms with E-state index in [4.69, 9.17) is 0 Å². The van der Waals surface area contributed by atoms with Gasteiger partial charge in [0.2, 0.25) is 11.8 Å². The number of nitro groups is 2. The molecule has 0 radical (unpaired) electrons. The van der Waals surface area contributed by atoms with Gasteiger partial charge in [0, 0.05) is 63.3 Å². The van der Waals surface area contributed by atoms with Gasteiger partial charge < -0.3 is 19.3 Å². The molecule has 2 aromatic carbocycles. The molecule has 0 aromatic heterocycles. The topological polar surface area (TPSA) is 214 Å². The summed E-state index contributed by atoms with van der Waals surface area (Å²) >= 11 is 0.786. The zero-order chi connectivity index (χ0) is 35.8. The minimum absolute atomic E-state index is 0.0150. The predicted molar refractivity (Wildman–Crippen MR) is 172 cm³/mol. The van der Waals surface area contributed by atoms with E-state index in [1.54, 1.807) is 0 Å². The fourth-order valence-corrected chi connectivity index (χ4v) is 6.15. The number of Topliss-reactive ketones (excluding diaryl/α,β-unsaturated/α-hetero) is 2. The molecule has 2 aliphatic rings. The van der Waals surface area contributed by atoms with E-state index in [0.29, 0.717) is 0 Å². The minimum Gasteiger partial charge on any atom is -0.468 e. The zero-order valence-corrected chi connectivity index (χ0v) is 27.1. The molecule has 49 heavy (non-hydrogen) atoms. The first-order chi connectivity index (χ1) is 23.3. The van der Waals surface area contributed by atoms with Crippen LogP contribution in [0, 0.1) is 32.1 Å². The number of carbonyl (C=O) groups is 6. The lowest BCUT2D eigenvalue weighted by molar-refractivity contribution is -0.388.